The van der Waals surface area contributed by atoms with Crippen LogP contribution in [0.4, 0.5) is 11.5 Å². The third-order valence-corrected chi connectivity index (χ3v) is 2.58. The van der Waals surface area contributed by atoms with Gasteiger partial charge in [-0.25, -0.2) is 0 Å². The van der Waals surface area contributed by atoms with Crippen LogP contribution in [0.1, 0.15) is 0 Å². The zero-order valence-corrected chi connectivity index (χ0v) is 10.2. The van der Waals surface area contributed by atoms with Crippen LogP contribution in [0, 0.1) is 0 Å². The third-order valence-electron chi connectivity index (χ3n) is 1.83. The Hall–Kier alpha value is -1.03. The van der Waals surface area contributed by atoms with Crippen LogP contribution < -0.4 is 5.32 Å². The molecule has 0 bridgehead atoms. The molecule has 3 nitrogen and oxygen atoms in total. The van der Waals surface area contributed by atoms with Crippen molar-refractivity contribution in [1.29, 1.82) is 0 Å². The molecule has 0 saturated carbocycles. The summed E-state index contributed by atoms with van der Waals surface area (Å²) in [7, 11) is 0. The van der Waals surface area contributed by atoms with Crippen LogP contribution in [-0.2, 0) is 0 Å². The molecule has 1 N–H and O–H groups in total. The van der Waals surface area contributed by atoms with E-state index in [4.69, 9.17) is 34.8 Å². The van der Waals surface area contributed by atoms with E-state index in [-0.39, 0.29) is 0 Å². The summed E-state index contributed by atoms with van der Waals surface area (Å²) < 4.78 is 0. The first-order valence-electron chi connectivity index (χ1n) is 4.36. The maximum atomic E-state index is 5.99. The van der Waals surface area contributed by atoms with E-state index < -0.39 is 0 Å². The minimum Gasteiger partial charge on any atom is -0.338 e. The van der Waals surface area contributed by atoms with Crippen LogP contribution >= 0.6 is 34.8 Å². The molecule has 0 aliphatic rings. The van der Waals surface area contributed by atoms with E-state index in [2.05, 4.69) is 15.5 Å². The number of hydrogen-bond donors (Lipinski definition) is 1. The van der Waals surface area contributed by atoms with E-state index in [1.807, 2.05) is 0 Å². The highest BCUT2D eigenvalue weighted by Crippen LogP contribution is 2.27. The number of halogens is 3. The summed E-state index contributed by atoms with van der Waals surface area (Å²) in [5, 5.41) is 12.0. The quantitative estimate of drug-likeness (QED) is 0.892. The SMILES string of the molecule is Clc1ccc(Nc2ccc(Cl)nn2)c(Cl)c1. The molecule has 2 aromatic rings. The molecule has 0 atom stereocenters. The highest BCUT2D eigenvalue weighted by molar-refractivity contribution is 6.36. The minimum atomic E-state index is 0.341. The standard InChI is InChI=1S/C10H6Cl3N3/c11-6-1-2-8(7(12)5-6)14-10-4-3-9(13)15-16-10/h1-5H,(H,14,16). The smallest absolute Gasteiger partial charge is 0.153 e. The van der Waals surface area contributed by atoms with Gasteiger partial charge in [0, 0.05) is 5.02 Å². The zero-order chi connectivity index (χ0) is 11.5. The van der Waals surface area contributed by atoms with Gasteiger partial charge in [-0.15, -0.1) is 10.2 Å². The second kappa shape index (κ2) is 4.87. The summed E-state index contributed by atoms with van der Waals surface area (Å²) in [4.78, 5) is 0. The van der Waals surface area contributed by atoms with Gasteiger partial charge in [-0.1, -0.05) is 34.8 Å². The van der Waals surface area contributed by atoms with Gasteiger partial charge in [0.15, 0.2) is 11.0 Å². The first-order chi connectivity index (χ1) is 7.65. The Morgan fingerprint density at radius 2 is 1.75 bits per heavy atom. The van der Waals surface area contributed by atoms with Gasteiger partial charge in [0.25, 0.3) is 0 Å². The summed E-state index contributed by atoms with van der Waals surface area (Å²) in [6.45, 7) is 0. The van der Waals surface area contributed by atoms with E-state index >= 15 is 0 Å². The van der Waals surface area contributed by atoms with Crippen molar-refractivity contribution in [1.82, 2.24) is 10.2 Å². The van der Waals surface area contributed by atoms with E-state index in [1.54, 1.807) is 30.3 Å². The van der Waals surface area contributed by atoms with E-state index in [0.717, 1.165) is 0 Å². The molecule has 0 unspecified atom stereocenters. The molecule has 0 spiro atoms. The predicted octanol–water partition coefficient (Wildman–Crippen LogP) is 4.18. The largest absolute Gasteiger partial charge is 0.338 e. The van der Waals surface area contributed by atoms with E-state index in [0.29, 0.717) is 26.7 Å². The number of rotatable bonds is 2. The summed E-state index contributed by atoms with van der Waals surface area (Å²) in [5.74, 6) is 0.564. The first kappa shape index (κ1) is 11.5. The van der Waals surface area contributed by atoms with Gasteiger partial charge in [-0.2, -0.15) is 0 Å². The number of benzene rings is 1. The topological polar surface area (TPSA) is 37.8 Å². The molecule has 6 heteroatoms. The Bertz CT molecular complexity index is 499. The van der Waals surface area contributed by atoms with Crippen molar-refractivity contribution in [3.63, 3.8) is 0 Å². The minimum absolute atomic E-state index is 0.341. The van der Waals surface area contributed by atoms with Gasteiger partial charge in [0.2, 0.25) is 0 Å². The van der Waals surface area contributed by atoms with Crippen molar-refractivity contribution < 1.29 is 0 Å². The first-order valence-corrected chi connectivity index (χ1v) is 5.50. The molecule has 82 valence electrons. The van der Waals surface area contributed by atoms with Gasteiger partial charge in [-0.3, -0.25) is 0 Å². The fourth-order valence-electron chi connectivity index (χ4n) is 1.11. The van der Waals surface area contributed by atoms with Gasteiger partial charge in [0.05, 0.1) is 10.7 Å². The molecule has 0 aliphatic carbocycles. The summed E-state index contributed by atoms with van der Waals surface area (Å²) in [6, 6.07) is 8.50. The summed E-state index contributed by atoms with van der Waals surface area (Å²) in [5.41, 5.74) is 0.711. The molecule has 2 rings (SSSR count). The molecule has 1 aromatic carbocycles. The average Bonchev–Trinajstić information content (AvgIpc) is 2.25. The molecule has 1 aromatic heterocycles. The average molecular weight is 275 g/mol. The van der Waals surface area contributed by atoms with Crippen LogP contribution in [0.5, 0.6) is 0 Å². The number of nitrogens with zero attached hydrogens (tertiary/aromatic N) is 2. The maximum Gasteiger partial charge on any atom is 0.153 e. The molecule has 16 heavy (non-hydrogen) atoms. The van der Waals surface area contributed by atoms with Crippen molar-refractivity contribution in [2.24, 2.45) is 0 Å². The third kappa shape index (κ3) is 2.76. The lowest BCUT2D eigenvalue weighted by atomic mass is 10.3. The molecule has 1 heterocycles. The van der Waals surface area contributed by atoms with Crippen molar-refractivity contribution in [3.05, 3.63) is 45.5 Å². The van der Waals surface area contributed by atoms with E-state index in [1.165, 1.54) is 0 Å². The molecule has 0 radical (unpaired) electrons. The van der Waals surface area contributed by atoms with E-state index in [9.17, 15) is 0 Å². The lowest BCUT2D eigenvalue weighted by Crippen LogP contribution is -1.95. The number of nitrogens with one attached hydrogen (secondary N) is 1. The molecule has 0 fully saturated rings. The fraction of sp³-hybridized carbons (Fsp3) is 0. The van der Waals surface area contributed by atoms with Crippen LogP contribution in [0.25, 0.3) is 0 Å². The zero-order valence-electron chi connectivity index (χ0n) is 7.92. The Labute approximate surface area is 107 Å². The normalized spacial score (nSPS) is 10.2. The monoisotopic (exact) mass is 273 g/mol. The second-order valence-electron chi connectivity index (χ2n) is 2.99. The molecular weight excluding hydrogens is 268 g/mol. The van der Waals surface area contributed by atoms with Crippen LogP contribution in [-0.4, -0.2) is 10.2 Å². The van der Waals surface area contributed by atoms with Gasteiger partial charge < -0.3 is 5.32 Å². The van der Waals surface area contributed by atoms with Crippen molar-refractivity contribution in [3.8, 4) is 0 Å². The Kier molecular flexibility index (Phi) is 3.49. The summed E-state index contributed by atoms with van der Waals surface area (Å²) >= 11 is 17.4. The van der Waals surface area contributed by atoms with Crippen LogP contribution in [0.3, 0.4) is 0 Å². The molecule has 0 saturated heterocycles. The number of aromatic nitrogens is 2. The van der Waals surface area contributed by atoms with Crippen molar-refractivity contribution in [2.75, 3.05) is 5.32 Å². The van der Waals surface area contributed by atoms with Gasteiger partial charge >= 0.3 is 0 Å². The number of hydrogen-bond acceptors (Lipinski definition) is 3. The highest BCUT2D eigenvalue weighted by Gasteiger charge is 2.02. The lowest BCUT2D eigenvalue weighted by Gasteiger charge is -2.06. The van der Waals surface area contributed by atoms with Crippen molar-refractivity contribution in [2.45, 2.75) is 0 Å². The Morgan fingerprint density at radius 3 is 2.38 bits per heavy atom. The molecule has 0 amide bonds. The van der Waals surface area contributed by atoms with Crippen molar-refractivity contribution >= 4 is 46.3 Å². The van der Waals surface area contributed by atoms with Gasteiger partial charge in [-0.05, 0) is 30.3 Å². The Morgan fingerprint density at radius 1 is 0.938 bits per heavy atom. The van der Waals surface area contributed by atoms with Gasteiger partial charge in [0.1, 0.15) is 0 Å². The molecule has 0 aliphatic heterocycles. The van der Waals surface area contributed by atoms with Crippen LogP contribution in [0.15, 0.2) is 30.3 Å². The highest BCUT2D eigenvalue weighted by atomic mass is 35.5. The molecular formula is C10H6Cl3N3. The maximum absolute atomic E-state index is 5.99. The Balaban J connectivity index is 2.23. The fourth-order valence-corrected chi connectivity index (χ4v) is 1.67. The van der Waals surface area contributed by atoms with Crippen LogP contribution in [0.2, 0.25) is 15.2 Å². The number of anilines is 2. The second-order valence-corrected chi connectivity index (χ2v) is 4.22. The lowest BCUT2D eigenvalue weighted by molar-refractivity contribution is 1.04. The predicted molar refractivity (Wildman–Crippen MR) is 66.8 cm³/mol. The summed E-state index contributed by atoms with van der Waals surface area (Å²) in [6.07, 6.45) is 0.